The molecule has 0 aliphatic rings. The maximum Gasteiger partial charge on any atom is 0.416 e. The highest BCUT2D eigenvalue weighted by Crippen LogP contribution is 2.32. The third-order valence-corrected chi connectivity index (χ3v) is 2.48. The van der Waals surface area contributed by atoms with Crippen molar-refractivity contribution in [1.29, 1.82) is 0 Å². The van der Waals surface area contributed by atoms with Crippen molar-refractivity contribution in [3.05, 3.63) is 35.4 Å². The second kappa shape index (κ2) is 4.87. The van der Waals surface area contributed by atoms with Gasteiger partial charge in [-0.05, 0) is 11.6 Å². The summed E-state index contributed by atoms with van der Waals surface area (Å²) in [7, 11) is 0. The first-order valence-electron chi connectivity index (χ1n) is 4.65. The highest BCUT2D eigenvalue weighted by atomic mass is 19.4. The van der Waals surface area contributed by atoms with E-state index in [1.165, 1.54) is 6.07 Å². The van der Waals surface area contributed by atoms with E-state index in [9.17, 15) is 13.2 Å². The van der Waals surface area contributed by atoms with Crippen LogP contribution >= 0.6 is 0 Å². The van der Waals surface area contributed by atoms with Gasteiger partial charge in [-0.2, -0.15) is 13.2 Å². The van der Waals surface area contributed by atoms with Crippen molar-refractivity contribution < 1.29 is 13.2 Å². The Morgan fingerprint density at radius 3 is 2.06 bits per heavy atom. The van der Waals surface area contributed by atoms with E-state index in [-0.39, 0.29) is 7.43 Å². The van der Waals surface area contributed by atoms with Crippen molar-refractivity contribution >= 4 is 0 Å². The minimum atomic E-state index is -4.29. The number of hydrogen-bond donors (Lipinski definition) is 1. The lowest BCUT2D eigenvalue weighted by Crippen LogP contribution is -2.28. The highest BCUT2D eigenvalue weighted by molar-refractivity contribution is 5.31. The van der Waals surface area contributed by atoms with Gasteiger partial charge in [0, 0.05) is 12.0 Å². The normalized spacial score (nSPS) is 12.1. The van der Waals surface area contributed by atoms with E-state index in [4.69, 9.17) is 5.73 Å². The Labute approximate surface area is 94.5 Å². The van der Waals surface area contributed by atoms with Gasteiger partial charge in [-0.25, -0.2) is 0 Å². The first-order valence-corrected chi connectivity index (χ1v) is 4.65. The summed E-state index contributed by atoms with van der Waals surface area (Å²) in [5.74, 6) is 0. The monoisotopic (exact) mass is 233 g/mol. The molecule has 0 aliphatic carbocycles. The molecule has 0 unspecified atom stereocenters. The number of halogens is 3. The van der Waals surface area contributed by atoms with Crippen LogP contribution < -0.4 is 5.73 Å². The van der Waals surface area contributed by atoms with Gasteiger partial charge >= 0.3 is 6.18 Å². The summed E-state index contributed by atoms with van der Waals surface area (Å²) in [6, 6.07) is 5.31. The predicted molar refractivity (Wildman–Crippen MR) is 60.3 cm³/mol. The lowest BCUT2D eigenvalue weighted by Gasteiger charge is -2.23. The molecule has 0 saturated carbocycles. The van der Waals surface area contributed by atoms with Crippen molar-refractivity contribution in [3.63, 3.8) is 0 Å². The predicted octanol–water partition coefficient (Wildman–Crippen LogP) is 3.58. The molecular weight excluding hydrogens is 215 g/mol. The van der Waals surface area contributed by atoms with Crippen LogP contribution in [0.1, 0.15) is 32.4 Å². The topological polar surface area (TPSA) is 26.0 Å². The molecule has 92 valence electrons. The Kier molecular flexibility index (Phi) is 4.56. The van der Waals surface area contributed by atoms with E-state index < -0.39 is 17.2 Å². The molecule has 0 aromatic heterocycles. The van der Waals surface area contributed by atoms with Gasteiger partial charge in [0.1, 0.15) is 0 Å². The molecule has 1 aromatic rings. The third kappa shape index (κ3) is 3.23. The van der Waals surface area contributed by atoms with E-state index in [0.717, 1.165) is 12.1 Å². The van der Waals surface area contributed by atoms with Crippen LogP contribution in [0, 0.1) is 0 Å². The molecule has 0 heterocycles. The van der Waals surface area contributed by atoms with Gasteiger partial charge in [-0.3, -0.25) is 0 Å². The molecule has 2 N–H and O–H groups in total. The second-order valence-electron chi connectivity index (χ2n) is 4.17. The van der Waals surface area contributed by atoms with Crippen LogP contribution in [0.4, 0.5) is 13.2 Å². The smallest absolute Gasteiger partial charge is 0.330 e. The SMILES string of the molecule is C.CC(C)(CN)c1cccc(C(F)(F)F)c1. The van der Waals surface area contributed by atoms with Crippen LogP contribution in [-0.2, 0) is 11.6 Å². The summed E-state index contributed by atoms with van der Waals surface area (Å²) >= 11 is 0. The summed E-state index contributed by atoms with van der Waals surface area (Å²) < 4.78 is 37.3. The Morgan fingerprint density at radius 2 is 1.62 bits per heavy atom. The molecule has 0 atom stereocenters. The van der Waals surface area contributed by atoms with E-state index in [1.807, 2.05) is 13.8 Å². The van der Waals surface area contributed by atoms with Gasteiger partial charge in [0.05, 0.1) is 5.56 Å². The van der Waals surface area contributed by atoms with Gasteiger partial charge in [0.15, 0.2) is 0 Å². The molecule has 0 spiro atoms. The lowest BCUT2D eigenvalue weighted by atomic mass is 9.84. The first kappa shape index (κ1) is 15.0. The average Bonchev–Trinajstić information content (AvgIpc) is 2.17. The van der Waals surface area contributed by atoms with E-state index >= 15 is 0 Å². The number of alkyl halides is 3. The Morgan fingerprint density at radius 1 is 1.12 bits per heavy atom. The van der Waals surface area contributed by atoms with Crippen molar-refractivity contribution in [2.75, 3.05) is 6.54 Å². The van der Waals surface area contributed by atoms with Gasteiger partial charge in [-0.1, -0.05) is 39.5 Å². The van der Waals surface area contributed by atoms with Crippen LogP contribution in [0.5, 0.6) is 0 Å². The molecule has 0 fully saturated rings. The average molecular weight is 233 g/mol. The number of benzene rings is 1. The van der Waals surface area contributed by atoms with Crippen LogP contribution in [-0.4, -0.2) is 6.54 Å². The summed E-state index contributed by atoms with van der Waals surface area (Å²) in [6.07, 6.45) is -4.29. The Bertz CT molecular complexity index is 342. The molecule has 1 aromatic carbocycles. The zero-order chi connectivity index (χ0) is 11.7. The van der Waals surface area contributed by atoms with Gasteiger partial charge < -0.3 is 5.73 Å². The lowest BCUT2D eigenvalue weighted by molar-refractivity contribution is -0.137. The highest BCUT2D eigenvalue weighted by Gasteiger charge is 2.31. The maximum atomic E-state index is 12.4. The van der Waals surface area contributed by atoms with Crippen molar-refractivity contribution in [1.82, 2.24) is 0 Å². The summed E-state index contributed by atoms with van der Waals surface area (Å²) in [6.45, 7) is 3.96. The van der Waals surface area contributed by atoms with Gasteiger partial charge in [0.25, 0.3) is 0 Å². The van der Waals surface area contributed by atoms with Crippen molar-refractivity contribution in [3.8, 4) is 0 Å². The fourth-order valence-corrected chi connectivity index (χ4v) is 1.23. The number of rotatable bonds is 2. The summed E-state index contributed by atoms with van der Waals surface area (Å²) in [4.78, 5) is 0. The van der Waals surface area contributed by atoms with Gasteiger partial charge in [-0.15, -0.1) is 0 Å². The second-order valence-corrected chi connectivity index (χ2v) is 4.17. The molecule has 1 nitrogen and oxygen atoms in total. The Balaban J connectivity index is 0.00000225. The molecule has 1 rings (SSSR count). The maximum absolute atomic E-state index is 12.4. The number of hydrogen-bond acceptors (Lipinski definition) is 1. The molecule has 0 aliphatic heterocycles. The largest absolute Gasteiger partial charge is 0.416 e. The fourth-order valence-electron chi connectivity index (χ4n) is 1.23. The Hall–Kier alpha value is -1.03. The van der Waals surface area contributed by atoms with Gasteiger partial charge in [0.2, 0.25) is 0 Å². The summed E-state index contributed by atoms with van der Waals surface area (Å²) in [5, 5.41) is 0. The minimum absolute atomic E-state index is 0. The zero-order valence-corrected chi connectivity index (χ0v) is 8.73. The molecular formula is C12H18F3N. The van der Waals surface area contributed by atoms with Crippen LogP contribution in [0.3, 0.4) is 0 Å². The molecule has 4 heteroatoms. The molecule has 16 heavy (non-hydrogen) atoms. The van der Waals surface area contributed by atoms with Crippen LogP contribution in [0.2, 0.25) is 0 Å². The zero-order valence-electron chi connectivity index (χ0n) is 8.73. The molecule has 0 radical (unpaired) electrons. The summed E-state index contributed by atoms with van der Waals surface area (Å²) in [5.41, 5.74) is 5.07. The fraction of sp³-hybridized carbons (Fsp3) is 0.500. The van der Waals surface area contributed by atoms with Crippen molar-refractivity contribution in [2.45, 2.75) is 32.9 Å². The molecule has 0 bridgehead atoms. The number of nitrogens with two attached hydrogens (primary N) is 1. The molecule has 0 saturated heterocycles. The third-order valence-electron chi connectivity index (χ3n) is 2.48. The standard InChI is InChI=1S/C11H14F3N.CH4/c1-10(2,7-15)8-4-3-5-9(6-8)11(12,13)14;/h3-6H,7,15H2,1-2H3;1H4. The van der Waals surface area contributed by atoms with Crippen LogP contribution in [0.15, 0.2) is 24.3 Å². The van der Waals surface area contributed by atoms with Crippen molar-refractivity contribution in [2.24, 2.45) is 5.73 Å². The van der Waals surface area contributed by atoms with E-state index in [2.05, 4.69) is 0 Å². The first-order chi connectivity index (χ1) is 6.77. The van der Waals surface area contributed by atoms with E-state index in [0.29, 0.717) is 12.1 Å². The van der Waals surface area contributed by atoms with E-state index in [1.54, 1.807) is 6.07 Å². The minimum Gasteiger partial charge on any atom is -0.330 e. The molecule has 0 amide bonds. The quantitative estimate of drug-likeness (QED) is 0.830. The van der Waals surface area contributed by atoms with Crippen LogP contribution in [0.25, 0.3) is 0 Å².